The molecular formula is C10H7F3N2S. The van der Waals surface area contributed by atoms with Gasteiger partial charge in [-0.3, -0.25) is 4.57 Å². The number of rotatable bonds is 2. The fraction of sp³-hybridized carbons (Fsp3) is 0.100. The van der Waals surface area contributed by atoms with Crippen LogP contribution in [-0.2, 0) is 0 Å². The van der Waals surface area contributed by atoms with Gasteiger partial charge in [0, 0.05) is 24.2 Å². The number of halogens is 3. The summed E-state index contributed by atoms with van der Waals surface area (Å²) in [6, 6.07) is 8.06. The van der Waals surface area contributed by atoms with Crippen LogP contribution in [0.2, 0.25) is 0 Å². The van der Waals surface area contributed by atoms with Crippen LogP contribution in [0.3, 0.4) is 0 Å². The molecule has 0 radical (unpaired) electrons. The zero-order valence-corrected chi connectivity index (χ0v) is 8.79. The molecule has 2 aromatic rings. The first kappa shape index (κ1) is 11.1. The Kier molecular flexibility index (Phi) is 2.91. The number of aromatic nitrogens is 2. The molecule has 2 rings (SSSR count). The molecule has 0 unspecified atom stereocenters. The predicted molar refractivity (Wildman–Crippen MR) is 55.5 cm³/mol. The number of thioether (sulfide) groups is 1. The van der Waals surface area contributed by atoms with Crippen molar-refractivity contribution in [2.24, 2.45) is 0 Å². The molecule has 0 spiro atoms. The summed E-state index contributed by atoms with van der Waals surface area (Å²) in [5.41, 5.74) is -4.29. The summed E-state index contributed by atoms with van der Waals surface area (Å²) >= 11 is -0.148. The molecule has 2 aromatic heterocycles. The van der Waals surface area contributed by atoms with Gasteiger partial charge in [0.2, 0.25) is 0 Å². The summed E-state index contributed by atoms with van der Waals surface area (Å²) in [7, 11) is 0. The van der Waals surface area contributed by atoms with E-state index in [0.29, 0.717) is 5.82 Å². The van der Waals surface area contributed by atoms with E-state index in [9.17, 15) is 13.2 Å². The van der Waals surface area contributed by atoms with E-state index in [4.69, 9.17) is 0 Å². The molecule has 0 aliphatic rings. The largest absolute Gasteiger partial charge is 0.447 e. The first-order valence-electron chi connectivity index (χ1n) is 4.41. The van der Waals surface area contributed by atoms with Gasteiger partial charge in [-0.15, -0.1) is 0 Å². The summed E-state index contributed by atoms with van der Waals surface area (Å²) < 4.78 is 38.1. The maximum atomic E-state index is 12.2. The lowest BCUT2D eigenvalue weighted by Crippen LogP contribution is -2.03. The van der Waals surface area contributed by atoms with Crippen molar-refractivity contribution in [3.05, 3.63) is 42.7 Å². The van der Waals surface area contributed by atoms with E-state index < -0.39 is 5.51 Å². The summed E-state index contributed by atoms with van der Waals surface area (Å²) in [4.78, 5) is 3.99. The zero-order valence-electron chi connectivity index (χ0n) is 7.98. The van der Waals surface area contributed by atoms with Gasteiger partial charge in [0.1, 0.15) is 5.82 Å². The van der Waals surface area contributed by atoms with Crippen LogP contribution in [0.1, 0.15) is 0 Å². The lowest BCUT2D eigenvalue weighted by atomic mass is 10.5. The Balaban J connectivity index is 2.33. The molecule has 0 N–H and O–H groups in total. The minimum Gasteiger partial charge on any atom is -0.296 e. The van der Waals surface area contributed by atoms with Crippen LogP contribution >= 0.6 is 11.8 Å². The van der Waals surface area contributed by atoms with Crippen molar-refractivity contribution in [2.45, 2.75) is 10.5 Å². The van der Waals surface area contributed by atoms with E-state index in [1.165, 1.54) is 16.8 Å². The van der Waals surface area contributed by atoms with Crippen LogP contribution in [0.15, 0.2) is 47.8 Å². The smallest absolute Gasteiger partial charge is 0.296 e. The minimum absolute atomic E-state index is 0.103. The molecule has 0 atom stereocenters. The molecule has 0 bridgehead atoms. The molecule has 0 aliphatic carbocycles. The van der Waals surface area contributed by atoms with Gasteiger partial charge >= 0.3 is 5.51 Å². The Morgan fingerprint density at radius 1 is 1.12 bits per heavy atom. The Morgan fingerprint density at radius 3 is 2.56 bits per heavy atom. The van der Waals surface area contributed by atoms with Gasteiger partial charge in [0.25, 0.3) is 0 Å². The van der Waals surface area contributed by atoms with Gasteiger partial charge < -0.3 is 0 Å². The summed E-state index contributed by atoms with van der Waals surface area (Å²) in [5, 5.41) is 0.103. The topological polar surface area (TPSA) is 17.8 Å². The fourth-order valence-electron chi connectivity index (χ4n) is 1.25. The van der Waals surface area contributed by atoms with Crippen molar-refractivity contribution in [1.82, 2.24) is 9.55 Å². The van der Waals surface area contributed by atoms with E-state index in [2.05, 4.69) is 4.98 Å². The molecule has 2 nitrogen and oxygen atoms in total. The third-order valence-corrected chi connectivity index (χ3v) is 2.60. The molecule has 0 fully saturated rings. The molecular weight excluding hydrogens is 237 g/mol. The molecule has 0 aliphatic heterocycles. The first-order valence-corrected chi connectivity index (χ1v) is 5.22. The molecule has 0 saturated carbocycles. The monoisotopic (exact) mass is 244 g/mol. The fourth-order valence-corrected chi connectivity index (χ4v) is 1.89. The van der Waals surface area contributed by atoms with Gasteiger partial charge in [0.15, 0.2) is 0 Å². The number of nitrogens with zero attached hydrogens (tertiary/aromatic N) is 2. The van der Waals surface area contributed by atoms with E-state index in [-0.39, 0.29) is 16.8 Å². The maximum Gasteiger partial charge on any atom is 0.447 e. The second-order valence-electron chi connectivity index (χ2n) is 2.95. The van der Waals surface area contributed by atoms with Gasteiger partial charge in [-0.2, -0.15) is 13.2 Å². The average Bonchev–Trinajstić information content (AvgIpc) is 2.64. The van der Waals surface area contributed by atoms with Crippen LogP contribution in [0.4, 0.5) is 13.2 Å². The van der Waals surface area contributed by atoms with Gasteiger partial charge in [-0.25, -0.2) is 4.98 Å². The second-order valence-corrected chi connectivity index (χ2v) is 4.04. The van der Waals surface area contributed by atoms with Gasteiger partial charge in [-0.1, -0.05) is 6.07 Å². The molecule has 16 heavy (non-hydrogen) atoms. The van der Waals surface area contributed by atoms with Crippen molar-refractivity contribution in [3.8, 4) is 5.82 Å². The quantitative estimate of drug-likeness (QED) is 0.752. The lowest BCUT2D eigenvalue weighted by Gasteiger charge is -2.09. The van der Waals surface area contributed by atoms with Crippen LogP contribution in [0.25, 0.3) is 5.82 Å². The highest BCUT2D eigenvalue weighted by Gasteiger charge is 2.30. The number of hydrogen-bond acceptors (Lipinski definition) is 2. The second kappa shape index (κ2) is 4.21. The maximum absolute atomic E-state index is 12.2. The molecule has 0 amide bonds. The highest BCUT2D eigenvalue weighted by atomic mass is 32.2. The van der Waals surface area contributed by atoms with Crippen molar-refractivity contribution in [1.29, 1.82) is 0 Å². The van der Waals surface area contributed by atoms with Crippen molar-refractivity contribution < 1.29 is 13.2 Å². The highest BCUT2D eigenvalue weighted by molar-refractivity contribution is 8.00. The number of pyridine rings is 1. The third-order valence-electron chi connectivity index (χ3n) is 1.83. The van der Waals surface area contributed by atoms with Crippen molar-refractivity contribution >= 4 is 11.8 Å². The summed E-state index contributed by atoms with van der Waals surface area (Å²) in [5.74, 6) is 0.472. The lowest BCUT2D eigenvalue weighted by molar-refractivity contribution is -0.0330. The Bertz CT molecular complexity index is 464. The average molecular weight is 244 g/mol. The molecule has 2 heterocycles. The van der Waals surface area contributed by atoms with E-state index in [0.717, 1.165) is 0 Å². The van der Waals surface area contributed by atoms with Crippen molar-refractivity contribution in [2.75, 3.05) is 0 Å². The van der Waals surface area contributed by atoms with Crippen LogP contribution in [0.5, 0.6) is 0 Å². The normalized spacial score (nSPS) is 11.7. The SMILES string of the molecule is FC(F)(F)Sc1cccn1-c1ccccn1. The summed E-state index contributed by atoms with van der Waals surface area (Å²) in [6.07, 6.45) is 3.09. The summed E-state index contributed by atoms with van der Waals surface area (Å²) in [6.45, 7) is 0. The van der Waals surface area contributed by atoms with Crippen LogP contribution < -0.4 is 0 Å². The van der Waals surface area contributed by atoms with E-state index >= 15 is 0 Å². The van der Waals surface area contributed by atoms with E-state index in [1.54, 1.807) is 30.5 Å². The van der Waals surface area contributed by atoms with Crippen LogP contribution in [0, 0.1) is 0 Å². The number of alkyl halides is 3. The molecule has 6 heteroatoms. The molecule has 84 valence electrons. The van der Waals surface area contributed by atoms with Gasteiger partial charge in [0.05, 0.1) is 5.03 Å². The van der Waals surface area contributed by atoms with E-state index in [1.807, 2.05) is 0 Å². The first-order chi connectivity index (χ1) is 7.56. The molecule has 0 saturated heterocycles. The minimum atomic E-state index is -4.29. The predicted octanol–water partition coefficient (Wildman–Crippen LogP) is 3.48. The zero-order chi connectivity index (χ0) is 11.6. The van der Waals surface area contributed by atoms with Gasteiger partial charge in [-0.05, 0) is 24.3 Å². The Morgan fingerprint density at radius 2 is 1.94 bits per heavy atom. The number of hydrogen-bond donors (Lipinski definition) is 0. The van der Waals surface area contributed by atoms with Crippen LogP contribution in [-0.4, -0.2) is 15.1 Å². The third kappa shape index (κ3) is 2.57. The Hall–Kier alpha value is -1.43. The van der Waals surface area contributed by atoms with Crippen molar-refractivity contribution in [3.63, 3.8) is 0 Å². The standard InChI is InChI=1S/C10H7F3N2S/c11-10(12,13)16-9-5-3-7-15(9)8-4-1-2-6-14-8/h1-7H. The highest BCUT2D eigenvalue weighted by Crippen LogP contribution is 2.37. The molecule has 0 aromatic carbocycles. The Labute approximate surface area is 94.1 Å².